The maximum Gasteiger partial charge on any atom is 0.347 e. The number of carbonyl (C=O) groups is 1. The van der Waals surface area contributed by atoms with Crippen LogP contribution in [0.15, 0.2) is 30.3 Å². The van der Waals surface area contributed by atoms with E-state index in [2.05, 4.69) is 4.98 Å². The van der Waals surface area contributed by atoms with Crippen LogP contribution in [0.25, 0.3) is 0 Å². The Morgan fingerprint density at radius 3 is 2.70 bits per heavy atom. The molecule has 0 saturated carbocycles. The zero-order valence-corrected chi connectivity index (χ0v) is 12.2. The fraction of sp³-hybridized carbons (Fsp3) is 0.333. The molecule has 0 fully saturated rings. The van der Waals surface area contributed by atoms with Crippen molar-refractivity contribution in [2.75, 3.05) is 6.61 Å². The van der Waals surface area contributed by atoms with Gasteiger partial charge in [0, 0.05) is 0 Å². The van der Waals surface area contributed by atoms with Crippen molar-refractivity contribution in [3.8, 4) is 5.75 Å². The van der Waals surface area contributed by atoms with Gasteiger partial charge in [-0.15, -0.1) is 11.3 Å². The Kier molecular flexibility index (Phi) is 5.12. The SMILES string of the molecule is Cc1nc(CCCCOc2ccccc2)sc1C(=O)O. The van der Waals surface area contributed by atoms with Gasteiger partial charge in [-0.3, -0.25) is 0 Å². The highest BCUT2D eigenvalue weighted by Gasteiger charge is 2.13. The minimum atomic E-state index is -0.890. The summed E-state index contributed by atoms with van der Waals surface area (Å²) in [5.41, 5.74) is 0.609. The standard InChI is InChI=1S/C15H17NO3S/c1-11-14(15(17)18)20-13(16-11)9-5-6-10-19-12-7-3-2-4-8-12/h2-4,7-8H,5-6,9-10H2,1H3,(H,17,18). The van der Waals surface area contributed by atoms with E-state index < -0.39 is 5.97 Å². The predicted octanol–water partition coefficient (Wildman–Crippen LogP) is 3.55. The quantitative estimate of drug-likeness (QED) is 0.792. The number of aryl methyl sites for hydroxylation is 2. The van der Waals surface area contributed by atoms with Crippen LogP contribution in [0, 0.1) is 6.92 Å². The van der Waals surface area contributed by atoms with Gasteiger partial charge in [-0.2, -0.15) is 0 Å². The lowest BCUT2D eigenvalue weighted by atomic mass is 10.2. The van der Waals surface area contributed by atoms with Crippen LogP contribution in [0.3, 0.4) is 0 Å². The van der Waals surface area contributed by atoms with E-state index in [1.165, 1.54) is 11.3 Å². The van der Waals surface area contributed by atoms with Crippen molar-refractivity contribution in [2.24, 2.45) is 0 Å². The second kappa shape index (κ2) is 7.05. The zero-order chi connectivity index (χ0) is 14.4. The molecule has 1 aromatic heterocycles. The topological polar surface area (TPSA) is 59.4 Å². The van der Waals surface area contributed by atoms with Gasteiger partial charge < -0.3 is 9.84 Å². The predicted molar refractivity (Wildman–Crippen MR) is 78.7 cm³/mol. The molecule has 5 heteroatoms. The molecule has 0 aliphatic carbocycles. The highest BCUT2D eigenvalue weighted by atomic mass is 32.1. The molecule has 20 heavy (non-hydrogen) atoms. The van der Waals surface area contributed by atoms with Gasteiger partial charge in [-0.25, -0.2) is 9.78 Å². The molecule has 0 atom stereocenters. The Hall–Kier alpha value is -1.88. The number of aromatic carboxylic acids is 1. The van der Waals surface area contributed by atoms with E-state index in [9.17, 15) is 4.79 Å². The summed E-state index contributed by atoms with van der Waals surface area (Å²) < 4.78 is 5.60. The summed E-state index contributed by atoms with van der Waals surface area (Å²) in [7, 11) is 0. The molecule has 0 aliphatic heterocycles. The number of nitrogens with zero attached hydrogens (tertiary/aromatic N) is 1. The fourth-order valence-electron chi connectivity index (χ4n) is 1.84. The Bertz CT molecular complexity index is 566. The summed E-state index contributed by atoms with van der Waals surface area (Å²) in [6.45, 7) is 2.40. The van der Waals surface area contributed by atoms with Crippen LogP contribution >= 0.6 is 11.3 Å². The molecule has 0 unspecified atom stereocenters. The number of hydrogen-bond donors (Lipinski definition) is 1. The molecule has 0 saturated heterocycles. The Morgan fingerprint density at radius 1 is 1.30 bits per heavy atom. The Morgan fingerprint density at radius 2 is 2.05 bits per heavy atom. The van der Waals surface area contributed by atoms with Crippen LogP contribution in [0.5, 0.6) is 5.75 Å². The number of carboxylic acid groups (broad SMARTS) is 1. The molecule has 1 heterocycles. The van der Waals surface area contributed by atoms with Crippen molar-refractivity contribution in [3.05, 3.63) is 45.9 Å². The number of ether oxygens (including phenoxy) is 1. The van der Waals surface area contributed by atoms with Crippen molar-refractivity contribution in [3.63, 3.8) is 0 Å². The highest BCUT2D eigenvalue weighted by Crippen LogP contribution is 2.19. The summed E-state index contributed by atoms with van der Waals surface area (Å²) in [6, 6.07) is 9.71. The van der Waals surface area contributed by atoms with Crippen LogP contribution in [-0.2, 0) is 6.42 Å². The molecular weight excluding hydrogens is 274 g/mol. The lowest BCUT2D eigenvalue weighted by molar-refractivity contribution is 0.0701. The van der Waals surface area contributed by atoms with Gasteiger partial charge in [0.05, 0.1) is 17.3 Å². The summed E-state index contributed by atoms with van der Waals surface area (Å²) in [6.07, 6.45) is 2.67. The van der Waals surface area contributed by atoms with Crippen LogP contribution in [0.4, 0.5) is 0 Å². The Labute approximate surface area is 122 Å². The van der Waals surface area contributed by atoms with Gasteiger partial charge in [-0.05, 0) is 38.3 Å². The number of carboxylic acids is 1. The normalized spacial score (nSPS) is 10.4. The Balaban J connectivity index is 1.71. The largest absolute Gasteiger partial charge is 0.494 e. The van der Waals surface area contributed by atoms with E-state index in [-0.39, 0.29) is 0 Å². The molecule has 0 amide bonds. The van der Waals surface area contributed by atoms with Crippen LogP contribution in [-0.4, -0.2) is 22.7 Å². The lowest BCUT2D eigenvalue weighted by Crippen LogP contribution is -1.98. The number of thiazole rings is 1. The number of unbranched alkanes of at least 4 members (excludes halogenated alkanes) is 1. The van der Waals surface area contributed by atoms with E-state index in [4.69, 9.17) is 9.84 Å². The molecular formula is C15H17NO3S. The smallest absolute Gasteiger partial charge is 0.347 e. The third-order valence-corrected chi connectivity index (χ3v) is 4.04. The van der Waals surface area contributed by atoms with Crippen molar-refractivity contribution in [1.82, 2.24) is 4.98 Å². The number of aromatic nitrogens is 1. The average Bonchev–Trinajstić information content (AvgIpc) is 2.81. The molecule has 4 nitrogen and oxygen atoms in total. The highest BCUT2D eigenvalue weighted by molar-refractivity contribution is 7.13. The average molecular weight is 291 g/mol. The van der Waals surface area contributed by atoms with Gasteiger partial charge in [0.1, 0.15) is 10.6 Å². The van der Waals surface area contributed by atoms with Gasteiger partial charge in [0.25, 0.3) is 0 Å². The fourth-order valence-corrected chi connectivity index (χ4v) is 2.79. The maximum absolute atomic E-state index is 10.9. The molecule has 1 aromatic carbocycles. The first kappa shape index (κ1) is 14.5. The van der Waals surface area contributed by atoms with E-state index in [0.29, 0.717) is 17.2 Å². The summed E-state index contributed by atoms with van der Waals surface area (Å²) >= 11 is 1.27. The van der Waals surface area contributed by atoms with Crippen LogP contribution in [0.1, 0.15) is 33.2 Å². The van der Waals surface area contributed by atoms with Crippen LogP contribution < -0.4 is 4.74 Å². The number of rotatable bonds is 7. The molecule has 0 radical (unpaired) electrons. The summed E-state index contributed by atoms with van der Waals surface area (Å²) in [4.78, 5) is 15.6. The van der Waals surface area contributed by atoms with E-state index in [0.717, 1.165) is 30.0 Å². The van der Waals surface area contributed by atoms with E-state index >= 15 is 0 Å². The number of benzene rings is 1. The van der Waals surface area contributed by atoms with Crippen molar-refractivity contribution in [1.29, 1.82) is 0 Å². The first-order valence-corrected chi connectivity index (χ1v) is 7.36. The molecule has 0 bridgehead atoms. The molecule has 2 rings (SSSR count). The number of hydrogen-bond acceptors (Lipinski definition) is 4. The van der Waals surface area contributed by atoms with Crippen molar-refractivity contribution < 1.29 is 14.6 Å². The molecule has 106 valence electrons. The molecule has 0 spiro atoms. The monoisotopic (exact) mass is 291 g/mol. The van der Waals surface area contributed by atoms with Crippen molar-refractivity contribution in [2.45, 2.75) is 26.2 Å². The first-order valence-electron chi connectivity index (χ1n) is 6.54. The molecule has 2 aromatic rings. The summed E-state index contributed by atoms with van der Waals surface area (Å²) in [5, 5.41) is 9.85. The van der Waals surface area contributed by atoms with Gasteiger partial charge in [-0.1, -0.05) is 18.2 Å². The number of para-hydroxylation sites is 1. The molecule has 0 aliphatic rings. The lowest BCUT2D eigenvalue weighted by Gasteiger charge is -2.04. The third kappa shape index (κ3) is 4.06. The second-order valence-corrected chi connectivity index (χ2v) is 5.53. The van der Waals surface area contributed by atoms with Crippen LogP contribution in [0.2, 0.25) is 0 Å². The van der Waals surface area contributed by atoms with E-state index in [1.807, 2.05) is 30.3 Å². The zero-order valence-electron chi connectivity index (χ0n) is 11.3. The van der Waals surface area contributed by atoms with Gasteiger partial charge >= 0.3 is 5.97 Å². The molecule has 1 N–H and O–H groups in total. The van der Waals surface area contributed by atoms with Gasteiger partial charge in [0.2, 0.25) is 0 Å². The maximum atomic E-state index is 10.9. The second-order valence-electron chi connectivity index (χ2n) is 4.45. The van der Waals surface area contributed by atoms with Crippen molar-refractivity contribution >= 4 is 17.3 Å². The summed E-state index contributed by atoms with van der Waals surface area (Å²) in [5.74, 6) is -0.00980. The first-order chi connectivity index (χ1) is 9.66. The third-order valence-electron chi connectivity index (χ3n) is 2.83. The minimum Gasteiger partial charge on any atom is -0.494 e. The van der Waals surface area contributed by atoms with E-state index in [1.54, 1.807) is 6.92 Å². The van der Waals surface area contributed by atoms with Gasteiger partial charge in [0.15, 0.2) is 0 Å². The minimum absolute atomic E-state index is 0.348.